The van der Waals surface area contributed by atoms with E-state index >= 15 is 0 Å². The quantitative estimate of drug-likeness (QED) is 0.804. The van der Waals surface area contributed by atoms with Crippen LogP contribution in [0.5, 0.6) is 11.5 Å². The molecule has 0 saturated heterocycles. The first-order valence-electron chi connectivity index (χ1n) is 8.77. The topological polar surface area (TPSA) is 73.6 Å². The van der Waals surface area contributed by atoms with Gasteiger partial charge in [-0.05, 0) is 30.5 Å². The van der Waals surface area contributed by atoms with Gasteiger partial charge in [0.2, 0.25) is 5.91 Å². The molecule has 134 valence electrons. The molecule has 0 unspecified atom stereocenters. The van der Waals surface area contributed by atoms with Crippen LogP contribution in [0.4, 0.5) is 0 Å². The Balaban J connectivity index is 2.09. The van der Waals surface area contributed by atoms with E-state index in [0.717, 1.165) is 29.9 Å². The zero-order valence-corrected chi connectivity index (χ0v) is 15.3. The Kier molecular flexibility index (Phi) is 5.75. The average Bonchev–Trinajstić information content (AvgIpc) is 2.61. The summed E-state index contributed by atoms with van der Waals surface area (Å²) in [6, 6.07) is 5.99. The minimum Gasteiger partial charge on any atom is -0.486 e. The van der Waals surface area contributed by atoms with Crippen molar-refractivity contribution in [2.45, 2.75) is 46.0 Å². The van der Waals surface area contributed by atoms with E-state index in [-0.39, 0.29) is 11.3 Å². The predicted octanol–water partition coefficient (Wildman–Crippen LogP) is 2.62. The predicted molar refractivity (Wildman–Crippen MR) is 95.5 cm³/mol. The minimum absolute atomic E-state index is 0.0422. The molecule has 0 aromatic heterocycles. The number of fused-ring (bicyclic) bond motifs is 1. The van der Waals surface area contributed by atoms with Gasteiger partial charge in [-0.1, -0.05) is 33.8 Å². The van der Waals surface area contributed by atoms with Gasteiger partial charge in [0.25, 0.3) is 0 Å². The van der Waals surface area contributed by atoms with Crippen LogP contribution in [-0.4, -0.2) is 32.2 Å². The molecule has 0 aliphatic carbocycles. The minimum atomic E-state index is -0.469. The van der Waals surface area contributed by atoms with Crippen molar-refractivity contribution in [2.75, 3.05) is 26.3 Å². The van der Waals surface area contributed by atoms with Crippen molar-refractivity contribution >= 4 is 5.91 Å². The molecule has 0 bridgehead atoms. The van der Waals surface area contributed by atoms with Gasteiger partial charge in [0.1, 0.15) is 13.2 Å². The molecule has 0 spiro atoms. The number of carbonyl (C=O) groups is 1. The van der Waals surface area contributed by atoms with Crippen molar-refractivity contribution in [3.05, 3.63) is 23.8 Å². The number of nitrogens with one attached hydrogen (secondary N) is 1. The van der Waals surface area contributed by atoms with Crippen LogP contribution < -0.4 is 20.5 Å². The van der Waals surface area contributed by atoms with Crippen LogP contribution in [0.2, 0.25) is 0 Å². The first kappa shape index (κ1) is 18.6. The summed E-state index contributed by atoms with van der Waals surface area (Å²) in [5.41, 5.74) is 6.29. The van der Waals surface area contributed by atoms with Crippen molar-refractivity contribution in [3.63, 3.8) is 0 Å². The molecule has 1 aromatic carbocycles. The summed E-state index contributed by atoms with van der Waals surface area (Å²) in [5, 5.41) is 3.10. The third kappa shape index (κ3) is 3.66. The Morgan fingerprint density at radius 2 is 1.79 bits per heavy atom. The summed E-state index contributed by atoms with van der Waals surface area (Å²) in [5.74, 6) is 1.60. The molecule has 24 heavy (non-hydrogen) atoms. The summed E-state index contributed by atoms with van der Waals surface area (Å²) in [6.45, 7) is 10.3. The molecule has 3 N–H and O–H groups in total. The Morgan fingerprint density at radius 1 is 1.17 bits per heavy atom. The van der Waals surface area contributed by atoms with Crippen LogP contribution in [-0.2, 0) is 10.2 Å². The highest BCUT2D eigenvalue weighted by Crippen LogP contribution is 2.35. The molecule has 1 heterocycles. The summed E-state index contributed by atoms with van der Waals surface area (Å²) >= 11 is 0. The molecule has 1 aromatic rings. The van der Waals surface area contributed by atoms with E-state index < -0.39 is 5.41 Å². The van der Waals surface area contributed by atoms with Crippen molar-refractivity contribution < 1.29 is 14.3 Å². The fourth-order valence-electron chi connectivity index (χ4n) is 3.01. The zero-order chi connectivity index (χ0) is 17.8. The number of hydrogen-bond donors (Lipinski definition) is 2. The van der Waals surface area contributed by atoms with Crippen molar-refractivity contribution in [1.29, 1.82) is 0 Å². The highest BCUT2D eigenvalue weighted by atomic mass is 16.6. The monoisotopic (exact) mass is 334 g/mol. The number of ether oxygens (including phenoxy) is 2. The maximum absolute atomic E-state index is 12.6. The van der Waals surface area contributed by atoms with Gasteiger partial charge in [0.05, 0.1) is 5.41 Å². The van der Waals surface area contributed by atoms with Crippen molar-refractivity contribution in [1.82, 2.24) is 5.32 Å². The van der Waals surface area contributed by atoms with Crippen LogP contribution in [0.1, 0.15) is 46.1 Å². The van der Waals surface area contributed by atoms with Gasteiger partial charge in [-0.3, -0.25) is 4.79 Å². The highest BCUT2D eigenvalue weighted by Gasteiger charge is 2.34. The normalized spacial score (nSPS) is 14.4. The summed E-state index contributed by atoms with van der Waals surface area (Å²) in [7, 11) is 0. The first-order chi connectivity index (χ1) is 11.4. The molecule has 0 fully saturated rings. The van der Waals surface area contributed by atoms with E-state index in [1.807, 2.05) is 32.0 Å². The molecular formula is C19H30N2O3. The van der Waals surface area contributed by atoms with Gasteiger partial charge in [-0.2, -0.15) is 0 Å². The smallest absolute Gasteiger partial charge is 0.227 e. The van der Waals surface area contributed by atoms with E-state index in [9.17, 15) is 4.79 Å². The zero-order valence-electron chi connectivity index (χ0n) is 15.3. The van der Waals surface area contributed by atoms with Gasteiger partial charge >= 0.3 is 0 Å². The SMILES string of the molecule is CCC(CC)(CN)C(=O)NCC(C)(C)c1ccc2c(c1)OCCO2. The van der Waals surface area contributed by atoms with Crippen LogP contribution in [0.15, 0.2) is 18.2 Å². The largest absolute Gasteiger partial charge is 0.486 e. The number of amides is 1. The second-order valence-electron chi connectivity index (χ2n) is 7.12. The number of benzene rings is 1. The Bertz CT molecular complexity index is 572. The van der Waals surface area contributed by atoms with Gasteiger partial charge in [0.15, 0.2) is 11.5 Å². The molecule has 2 rings (SSSR count). The summed E-state index contributed by atoms with van der Waals surface area (Å²) in [6.07, 6.45) is 1.49. The van der Waals surface area contributed by atoms with E-state index in [2.05, 4.69) is 19.2 Å². The molecule has 0 saturated carbocycles. The van der Waals surface area contributed by atoms with Crippen LogP contribution >= 0.6 is 0 Å². The Labute approximate surface area is 144 Å². The summed E-state index contributed by atoms with van der Waals surface area (Å²) < 4.78 is 11.2. The highest BCUT2D eigenvalue weighted by molar-refractivity contribution is 5.82. The number of nitrogens with two attached hydrogens (primary N) is 1. The fraction of sp³-hybridized carbons (Fsp3) is 0.632. The lowest BCUT2D eigenvalue weighted by atomic mass is 9.80. The maximum atomic E-state index is 12.6. The molecule has 1 aliphatic heterocycles. The average molecular weight is 334 g/mol. The second-order valence-corrected chi connectivity index (χ2v) is 7.12. The van der Waals surface area contributed by atoms with Gasteiger partial charge < -0.3 is 20.5 Å². The molecule has 5 nitrogen and oxygen atoms in total. The van der Waals surface area contributed by atoms with E-state index in [4.69, 9.17) is 15.2 Å². The second kappa shape index (κ2) is 7.43. The lowest BCUT2D eigenvalue weighted by Crippen LogP contribution is -2.48. The molecule has 5 heteroatoms. The molecular weight excluding hydrogens is 304 g/mol. The number of carbonyl (C=O) groups excluding carboxylic acids is 1. The fourth-order valence-corrected chi connectivity index (χ4v) is 3.01. The van der Waals surface area contributed by atoms with Gasteiger partial charge in [-0.25, -0.2) is 0 Å². The van der Waals surface area contributed by atoms with E-state index in [1.54, 1.807) is 0 Å². The maximum Gasteiger partial charge on any atom is 0.227 e. The number of hydrogen-bond acceptors (Lipinski definition) is 4. The lowest BCUT2D eigenvalue weighted by molar-refractivity contribution is -0.131. The molecule has 1 aliphatic rings. The van der Waals surface area contributed by atoms with Gasteiger partial charge in [0, 0.05) is 18.5 Å². The van der Waals surface area contributed by atoms with Crippen LogP contribution in [0.25, 0.3) is 0 Å². The van der Waals surface area contributed by atoms with Crippen molar-refractivity contribution in [2.24, 2.45) is 11.1 Å². The third-order valence-corrected chi connectivity index (χ3v) is 5.24. The van der Waals surface area contributed by atoms with Gasteiger partial charge in [-0.15, -0.1) is 0 Å². The molecule has 0 radical (unpaired) electrons. The number of rotatable bonds is 7. The van der Waals surface area contributed by atoms with E-state index in [1.165, 1.54) is 0 Å². The van der Waals surface area contributed by atoms with Crippen LogP contribution in [0.3, 0.4) is 0 Å². The third-order valence-electron chi connectivity index (χ3n) is 5.24. The van der Waals surface area contributed by atoms with E-state index in [0.29, 0.717) is 26.3 Å². The van der Waals surface area contributed by atoms with Crippen LogP contribution in [0, 0.1) is 5.41 Å². The Morgan fingerprint density at radius 3 is 2.38 bits per heavy atom. The molecule has 0 atom stereocenters. The molecule has 1 amide bonds. The standard InChI is InChI=1S/C19H30N2O3/c1-5-19(6-2,12-20)17(22)21-13-18(3,4)14-7-8-15-16(11-14)24-10-9-23-15/h7-8,11H,5-6,9-10,12-13,20H2,1-4H3,(H,21,22). The lowest BCUT2D eigenvalue weighted by Gasteiger charge is -2.32. The Hall–Kier alpha value is -1.75. The summed E-state index contributed by atoms with van der Waals surface area (Å²) in [4.78, 5) is 12.6. The first-order valence-corrected chi connectivity index (χ1v) is 8.77. The van der Waals surface area contributed by atoms with Crippen molar-refractivity contribution in [3.8, 4) is 11.5 Å².